The van der Waals surface area contributed by atoms with Crippen LogP contribution < -0.4 is 5.32 Å². The number of benzene rings is 1. The Morgan fingerprint density at radius 3 is 2.72 bits per heavy atom. The Hall–Kier alpha value is -1.17. The van der Waals surface area contributed by atoms with E-state index in [4.69, 9.17) is 11.6 Å². The zero-order chi connectivity index (χ0) is 13.2. The van der Waals surface area contributed by atoms with E-state index in [1.807, 2.05) is 0 Å². The molecule has 0 atom stereocenters. The predicted octanol–water partition coefficient (Wildman–Crippen LogP) is 2.25. The average molecular weight is 271 g/mol. The second-order valence-corrected chi connectivity index (χ2v) is 5.12. The van der Waals surface area contributed by atoms with E-state index >= 15 is 0 Å². The maximum Gasteiger partial charge on any atom is 0.270 e. The highest BCUT2D eigenvalue weighted by Gasteiger charge is 2.33. The molecule has 0 unspecified atom stereocenters. The lowest BCUT2D eigenvalue weighted by molar-refractivity contribution is -0.384. The quantitative estimate of drug-likeness (QED) is 0.636. The van der Waals surface area contributed by atoms with Gasteiger partial charge in [-0.05, 0) is 30.9 Å². The van der Waals surface area contributed by atoms with Gasteiger partial charge in [-0.2, -0.15) is 0 Å². The van der Waals surface area contributed by atoms with Crippen molar-refractivity contribution in [1.82, 2.24) is 5.32 Å². The van der Waals surface area contributed by atoms with Gasteiger partial charge in [0.25, 0.3) is 5.69 Å². The minimum atomic E-state index is -0.576. The number of hydrogen-bond acceptors (Lipinski definition) is 4. The molecule has 0 bridgehead atoms. The Kier molecular flexibility index (Phi) is 3.85. The van der Waals surface area contributed by atoms with Crippen molar-refractivity contribution >= 4 is 17.3 Å². The lowest BCUT2D eigenvalue weighted by atomic mass is 9.80. The summed E-state index contributed by atoms with van der Waals surface area (Å²) in [4.78, 5) is 10.1. The van der Waals surface area contributed by atoms with Gasteiger partial charge in [-0.1, -0.05) is 11.6 Å². The lowest BCUT2D eigenvalue weighted by Crippen LogP contribution is -2.45. The fourth-order valence-electron chi connectivity index (χ4n) is 1.98. The van der Waals surface area contributed by atoms with Gasteiger partial charge in [0.05, 0.1) is 15.5 Å². The third-order valence-electron chi connectivity index (χ3n) is 3.30. The molecule has 1 aliphatic rings. The largest absolute Gasteiger partial charge is 0.389 e. The van der Waals surface area contributed by atoms with Gasteiger partial charge in [-0.3, -0.25) is 10.1 Å². The van der Waals surface area contributed by atoms with Crippen molar-refractivity contribution in [3.8, 4) is 0 Å². The number of aliphatic hydroxyl groups is 1. The molecule has 0 radical (unpaired) electrons. The van der Waals surface area contributed by atoms with Crippen molar-refractivity contribution < 1.29 is 10.0 Å². The highest BCUT2D eigenvalue weighted by molar-refractivity contribution is 6.31. The highest BCUT2D eigenvalue weighted by atomic mass is 35.5. The van der Waals surface area contributed by atoms with Gasteiger partial charge in [-0.15, -0.1) is 0 Å². The molecule has 0 aromatic heterocycles. The summed E-state index contributed by atoms with van der Waals surface area (Å²) < 4.78 is 0. The van der Waals surface area contributed by atoms with Crippen LogP contribution in [-0.4, -0.2) is 22.2 Å². The van der Waals surface area contributed by atoms with E-state index in [0.717, 1.165) is 24.8 Å². The number of non-ortho nitro benzene ring substituents is 1. The Balaban J connectivity index is 1.91. The van der Waals surface area contributed by atoms with Gasteiger partial charge in [0.1, 0.15) is 0 Å². The average Bonchev–Trinajstić information content (AvgIpc) is 2.28. The van der Waals surface area contributed by atoms with Crippen LogP contribution in [0.15, 0.2) is 18.2 Å². The molecule has 6 heteroatoms. The van der Waals surface area contributed by atoms with E-state index in [0.29, 0.717) is 18.1 Å². The summed E-state index contributed by atoms with van der Waals surface area (Å²) in [6.07, 6.45) is 2.72. The first-order chi connectivity index (χ1) is 8.50. The summed E-state index contributed by atoms with van der Waals surface area (Å²) in [5.41, 5.74) is 0.208. The van der Waals surface area contributed by atoms with Gasteiger partial charge < -0.3 is 10.4 Å². The smallest absolute Gasteiger partial charge is 0.270 e. The summed E-state index contributed by atoms with van der Waals surface area (Å²) in [6.45, 7) is 1.03. The monoisotopic (exact) mass is 270 g/mol. The summed E-state index contributed by atoms with van der Waals surface area (Å²) in [6, 6.07) is 4.41. The molecule has 98 valence electrons. The maximum atomic E-state index is 10.6. The summed E-state index contributed by atoms with van der Waals surface area (Å²) in [5, 5.41) is 23.9. The van der Waals surface area contributed by atoms with Crippen LogP contribution in [0.5, 0.6) is 0 Å². The van der Waals surface area contributed by atoms with Gasteiger partial charge >= 0.3 is 0 Å². The van der Waals surface area contributed by atoms with E-state index in [1.165, 1.54) is 12.1 Å². The Labute approximate surface area is 110 Å². The van der Waals surface area contributed by atoms with Crippen molar-refractivity contribution in [2.45, 2.75) is 31.4 Å². The fourth-order valence-corrected chi connectivity index (χ4v) is 2.23. The number of nitro benzene ring substituents is 1. The normalized spacial score (nSPS) is 17.2. The molecule has 0 saturated heterocycles. The highest BCUT2D eigenvalue weighted by Crippen LogP contribution is 2.30. The molecular weight excluding hydrogens is 256 g/mol. The van der Waals surface area contributed by atoms with Crippen LogP contribution in [0.1, 0.15) is 24.8 Å². The molecular formula is C12H15ClN2O3. The zero-order valence-electron chi connectivity index (χ0n) is 9.86. The molecule has 18 heavy (non-hydrogen) atoms. The molecule has 0 amide bonds. The van der Waals surface area contributed by atoms with E-state index in [2.05, 4.69) is 5.32 Å². The minimum Gasteiger partial charge on any atom is -0.389 e. The maximum absolute atomic E-state index is 10.6. The lowest BCUT2D eigenvalue weighted by Gasteiger charge is -2.36. The minimum absolute atomic E-state index is 0.0126. The molecule has 1 fully saturated rings. The van der Waals surface area contributed by atoms with Gasteiger partial charge in [0.2, 0.25) is 0 Å². The first-order valence-electron chi connectivity index (χ1n) is 5.86. The molecule has 1 aromatic rings. The Morgan fingerprint density at radius 1 is 1.50 bits per heavy atom. The summed E-state index contributed by atoms with van der Waals surface area (Å²) in [7, 11) is 0. The van der Waals surface area contributed by atoms with Crippen LogP contribution in [-0.2, 0) is 6.54 Å². The summed E-state index contributed by atoms with van der Waals surface area (Å²) >= 11 is 5.96. The topological polar surface area (TPSA) is 75.4 Å². The van der Waals surface area contributed by atoms with Crippen molar-refractivity contribution in [2.75, 3.05) is 6.54 Å². The first kappa shape index (κ1) is 13.3. The number of nitro groups is 1. The standard InChI is InChI=1S/C12H15ClN2O3/c13-11-6-10(15(17)18)3-2-9(11)7-14-8-12(16)4-1-5-12/h2-3,6,14,16H,1,4-5,7-8H2. The van der Waals surface area contributed by atoms with Crippen LogP contribution in [0.2, 0.25) is 5.02 Å². The Morgan fingerprint density at radius 2 is 2.22 bits per heavy atom. The molecule has 1 saturated carbocycles. The van der Waals surface area contributed by atoms with Crippen LogP contribution >= 0.6 is 11.6 Å². The van der Waals surface area contributed by atoms with Crippen LogP contribution in [0.25, 0.3) is 0 Å². The van der Waals surface area contributed by atoms with E-state index < -0.39 is 10.5 Å². The third kappa shape index (κ3) is 2.98. The number of nitrogens with zero attached hydrogens (tertiary/aromatic N) is 1. The first-order valence-corrected chi connectivity index (χ1v) is 6.24. The molecule has 5 nitrogen and oxygen atoms in total. The number of hydrogen-bond donors (Lipinski definition) is 2. The van der Waals surface area contributed by atoms with Crippen molar-refractivity contribution in [2.24, 2.45) is 0 Å². The molecule has 0 spiro atoms. The molecule has 0 heterocycles. The van der Waals surface area contributed by atoms with Gasteiger partial charge in [0.15, 0.2) is 0 Å². The van der Waals surface area contributed by atoms with Crippen LogP contribution in [0, 0.1) is 10.1 Å². The van der Waals surface area contributed by atoms with Gasteiger partial charge in [0, 0.05) is 25.2 Å². The van der Waals surface area contributed by atoms with E-state index in [9.17, 15) is 15.2 Å². The molecule has 1 aliphatic carbocycles. The van der Waals surface area contributed by atoms with Crippen molar-refractivity contribution in [3.63, 3.8) is 0 Å². The van der Waals surface area contributed by atoms with Crippen LogP contribution in [0.3, 0.4) is 0 Å². The van der Waals surface area contributed by atoms with Crippen LogP contribution in [0.4, 0.5) is 5.69 Å². The number of rotatable bonds is 5. The fraction of sp³-hybridized carbons (Fsp3) is 0.500. The molecule has 2 N–H and O–H groups in total. The van der Waals surface area contributed by atoms with E-state index in [1.54, 1.807) is 6.07 Å². The van der Waals surface area contributed by atoms with Gasteiger partial charge in [-0.25, -0.2) is 0 Å². The van der Waals surface area contributed by atoms with Crippen molar-refractivity contribution in [1.29, 1.82) is 0 Å². The van der Waals surface area contributed by atoms with E-state index in [-0.39, 0.29) is 5.69 Å². The molecule has 2 rings (SSSR count). The number of nitrogens with one attached hydrogen (secondary N) is 1. The zero-order valence-corrected chi connectivity index (χ0v) is 10.6. The SMILES string of the molecule is O=[N+]([O-])c1ccc(CNCC2(O)CCC2)c(Cl)c1. The van der Waals surface area contributed by atoms with Crippen molar-refractivity contribution in [3.05, 3.63) is 38.9 Å². The second-order valence-electron chi connectivity index (χ2n) is 4.71. The summed E-state index contributed by atoms with van der Waals surface area (Å²) in [5.74, 6) is 0. The molecule has 0 aliphatic heterocycles. The third-order valence-corrected chi connectivity index (χ3v) is 3.65. The number of halogens is 1. The second kappa shape index (κ2) is 5.22. The molecule has 1 aromatic carbocycles. The predicted molar refractivity (Wildman–Crippen MR) is 68.6 cm³/mol. The Bertz CT molecular complexity index is 461.